The second-order valence-corrected chi connectivity index (χ2v) is 5.97. The SMILES string of the molecule is COCC(CNS(=O)(=O)Cc1cccc(N)c1)OC. The molecule has 1 unspecified atom stereocenters. The minimum Gasteiger partial charge on any atom is -0.399 e. The highest BCUT2D eigenvalue weighted by molar-refractivity contribution is 7.88. The zero-order chi connectivity index (χ0) is 14.3. The monoisotopic (exact) mass is 288 g/mol. The lowest BCUT2D eigenvalue weighted by Gasteiger charge is -2.15. The molecule has 0 amide bonds. The number of sulfonamides is 1. The van der Waals surface area contributed by atoms with Gasteiger partial charge in [-0.3, -0.25) is 0 Å². The molecule has 3 N–H and O–H groups in total. The van der Waals surface area contributed by atoms with Crippen LogP contribution >= 0.6 is 0 Å². The van der Waals surface area contributed by atoms with Gasteiger partial charge in [-0.15, -0.1) is 0 Å². The van der Waals surface area contributed by atoms with E-state index in [9.17, 15) is 8.42 Å². The molecule has 0 radical (unpaired) electrons. The molecule has 7 heteroatoms. The Kier molecular flexibility index (Phi) is 6.23. The summed E-state index contributed by atoms with van der Waals surface area (Å²) in [5, 5.41) is 0. The zero-order valence-electron chi connectivity index (χ0n) is 11.1. The fourth-order valence-corrected chi connectivity index (χ4v) is 2.73. The molecule has 0 saturated heterocycles. The lowest BCUT2D eigenvalue weighted by molar-refractivity contribution is 0.0320. The van der Waals surface area contributed by atoms with Crippen molar-refractivity contribution in [2.45, 2.75) is 11.9 Å². The Morgan fingerprint density at radius 3 is 2.68 bits per heavy atom. The van der Waals surface area contributed by atoms with Crippen LogP contribution in [0, 0.1) is 0 Å². The van der Waals surface area contributed by atoms with Crippen LogP contribution in [0.25, 0.3) is 0 Å². The Balaban J connectivity index is 2.57. The molecule has 0 bridgehead atoms. The predicted octanol–water partition coefficient (Wildman–Crippen LogP) is 0.350. The van der Waals surface area contributed by atoms with Crippen LogP contribution in [-0.2, 0) is 25.2 Å². The molecule has 108 valence electrons. The standard InChI is InChI=1S/C12H20N2O4S/c1-17-8-12(18-2)7-14-19(15,16)9-10-4-3-5-11(13)6-10/h3-6,12,14H,7-9,13H2,1-2H3. The molecule has 1 atom stereocenters. The summed E-state index contributed by atoms with van der Waals surface area (Å²) >= 11 is 0. The molecule has 1 aromatic carbocycles. The summed E-state index contributed by atoms with van der Waals surface area (Å²) in [6.45, 7) is 0.506. The molecule has 1 aromatic rings. The summed E-state index contributed by atoms with van der Waals surface area (Å²) in [4.78, 5) is 0. The second kappa shape index (κ2) is 7.44. The van der Waals surface area contributed by atoms with Crippen molar-refractivity contribution in [2.24, 2.45) is 0 Å². The molecule has 19 heavy (non-hydrogen) atoms. The van der Waals surface area contributed by atoms with E-state index in [1.807, 2.05) is 0 Å². The number of nitrogen functional groups attached to an aromatic ring is 1. The third-order valence-electron chi connectivity index (χ3n) is 2.52. The van der Waals surface area contributed by atoms with Crippen LogP contribution in [0.1, 0.15) is 5.56 Å². The minimum atomic E-state index is -3.42. The van der Waals surface area contributed by atoms with E-state index in [1.54, 1.807) is 24.3 Å². The molecule has 1 rings (SSSR count). The number of rotatable bonds is 8. The van der Waals surface area contributed by atoms with Gasteiger partial charge < -0.3 is 15.2 Å². The van der Waals surface area contributed by atoms with E-state index >= 15 is 0 Å². The molecule has 0 aliphatic carbocycles. The Bertz CT molecular complexity index is 490. The van der Waals surface area contributed by atoms with Gasteiger partial charge in [0.05, 0.1) is 18.5 Å². The number of hydrogen-bond donors (Lipinski definition) is 2. The summed E-state index contributed by atoms with van der Waals surface area (Å²) in [7, 11) is -0.371. The molecule has 6 nitrogen and oxygen atoms in total. The molecule has 0 aliphatic heterocycles. The highest BCUT2D eigenvalue weighted by atomic mass is 32.2. The van der Waals surface area contributed by atoms with E-state index in [4.69, 9.17) is 15.2 Å². The number of anilines is 1. The van der Waals surface area contributed by atoms with Gasteiger partial charge in [0, 0.05) is 26.5 Å². The lowest BCUT2D eigenvalue weighted by Crippen LogP contribution is -2.36. The Labute approximate surface area is 113 Å². The topological polar surface area (TPSA) is 90.7 Å². The van der Waals surface area contributed by atoms with Crippen molar-refractivity contribution >= 4 is 15.7 Å². The van der Waals surface area contributed by atoms with Crippen molar-refractivity contribution in [3.63, 3.8) is 0 Å². The Morgan fingerprint density at radius 2 is 2.11 bits per heavy atom. The predicted molar refractivity (Wildman–Crippen MR) is 74.2 cm³/mol. The molecular formula is C12H20N2O4S. The molecule has 0 heterocycles. The lowest BCUT2D eigenvalue weighted by atomic mass is 10.2. The second-order valence-electron chi connectivity index (χ2n) is 4.17. The van der Waals surface area contributed by atoms with Gasteiger partial charge in [0.1, 0.15) is 0 Å². The van der Waals surface area contributed by atoms with Crippen LogP contribution in [0.3, 0.4) is 0 Å². The van der Waals surface area contributed by atoms with E-state index in [1.165, 1.54) is 14.2 Å². The van der Waals surface area contributed by atoms with Gasteiger partial charge >= 0.3 is 0 Å². The Morgan fingerprint density at radius 1 is 1.37 bits per heavy atom. The summed E-state index contributed by atoms with van der Waals surface area (Å²) in [6, 6.07) is 6.80. The van der Waals surface area contributed by atoms with Gasteiger partial charge in [-0.25, -0.2) is 13.1 Å². The first-order valence-electron chi connectivity index (χ1n) is 5.80. The number of nitrogens with two attached hydrogens (primary N) is 1. The van der Waals surface area contributed by atoms with Crippen LogP contribution in [0.15, 0.2) is 24.3 Å². The molecular weight excluding hydrogens is 268 g/mol. The van der Waals surface area contributed by atoms with Gasteiger partial charge in [0.2, 0.25) is 10.0 Å². The van der Waals surface area contributed by atoms with Crippen molar-refractivity contribution in [2.75, 3.05) is 33.1 Å². The normalized spacial score (nSPS) is 13.4. The first-order valence-corrected chi connectivity index (χ1v) is 7.45. The maximum Gasteiger partial charge on any atom is 0.215 e. The van der Waals surface area contributed by atoms with Crippen LogP contribution in [0.5, 0.6) is 0 Å². The highest BCUT2D eigenvalue weighted by Gasteiger charge is 2.15. The van der Waals surface area contributed by atoms with Crippen LogP contribution in [0.4, 0.5) is 5.69 Å². The molecule has 0 aliphatic rings. The number of methoxy groups -OCH3 is 2. The number of ether oxygens (including phenoxy) is 2. The number of nitrogens with one attached hydrogen (secondary N) is 1. The summed E-state index contributed by atoms with van der Waals surface area (Å²) < 4.78 is 36.3. The fraction of sp³-hybridized carbons (Fsp3) is 0.500. The molecule has 0 fully saturated rings. The van der Waals surface area contributed by atoms with Crippen molar-refractivity contribution in [3.8, 4) is 0 Å². The Hall–Kier alpha value is -1.15. The highest BCUT2D eigenvalue weighted by Crippen LogP contribution is 2.09. The van der Waals surface area contributed by atoms with Gasteiger partial charge in [-0.05, 0) is 17.7 Å². The van der Waals surface area contributed by atoms with E-state index in [2.05, 4.69) is 4.72 Å². The summed E-state index contributed by atoms with van der Waals surface area (Å²) in [5.74, 6) is -0.110. The third-order valence-corrected chi connectivity index (χ3v) is 3.84. The fourth-order valence-electron chi connectivity index (χ4n) is 1.57. The van der Waals surface area contributed by atoms with Crippen molar-refractivity contribution in [3.05, 3.63) is 29.8 Å². The zero-order valence-corrected chi connectivity index (χ0v) is 11.9. The van der Waals surface area contributed by atoms with Gasteiger partial charge in [-0.1, -0.05) is 12.1 Å². The van der Waals surface area contributed by atoms with E-state index < -0.39 is 10.0 Å². The average molecular weight is 288 g/mol. The minimum absolute atomic E-state index is 0.110. The van der Waals surface area contributed by atoms with Crippen LogP contribution in [0.2, 0.25) is 0 Å². The van der Waals surface area contributed by atoms with Crippen molar-refractivity contribution in [1.82, 2.24) is 4.72 Å². The van der Waals surface area contributed by atoms with Crippen molar-refractivity contribution in [1.29, 1.82) is 0 Å². The molecule has 0 saturated carbocycles. The largest absolute Gasteiger partial charge is 0.399 e. The maximum absolute atomic E-state index is 11.9. The molecule has 0 aromatic heterocycles. The van der Waals surface area contributed by atoms with Crippen LogP contribution < -0.4 is 10.5 Å². The molecule has 0 spiro atoms. The summed E-state index contributed by atoms with van der Waals surface area (Å²) in [5.41, 5.74) is 6.80. The first-order chi connectivity index (χ1) is 8.96. The third kappa shape index (κ3) is 6.02. The quantitative estimate of drug-likeness (QED) is 0.674. The van der Waals surface area contributed by atoms with Crippen LogP contribution in [-0.4, -0.2) is 41.9 Å². The van der Waals surface area contributed by atoms with E-state index in [-0.39, 0.29) is 18.4 Å². The maximum atomic E-state index is 11.9. The van der Waals surface area contributed by atoms with Gasteiger partial charge in [0.25, 0.3) is 0 Å². The van der Waals surface area contributed by atoms with E-state index in [0.29, 0.717) is 17.9 Å². The average Bonchev–Trinajstić information content (AvgIpc) is 2.34. The van der Waals surface area contributed by atoms with Gasteiger partial charge in [-0.2, -0.15) is 0 Å². The van der Waals surface area contributed by atoms with Crippen molar-refractivity contribution < 1.29 is 17.9 Å². The van der Waals surface area contributed by atoms with Gasteiger partial charge in [0.15, 0.2) is 0 Å². The van der Waals surface area contributed by atoms with E-state index in [0.717, 1.165) is 0 Å². The number of hydrogen-bond acceptors (Lipinski definition) is 5. The number of benzene rings is 1. The first kappa shape index (κ1) is 15.9. The summed E-state index contributed by atoms with van der Waals surface area (Å²) in [6.07, 6.45) is -0.305. The smallest absolute Gasteiger partial charge is 0.215 e.